The maximum Gasteiger partial charge on any atom is 0.123 e. The standard InChI is InChI=1S/C27H32FN3O/c1-31(15-4-7-26-29-24-5-2-3-6-25(24)30-26)16-14-27(32)18-20-8-11-21(27)17-23(20)19-9-12-22(28)13-10-19/h2-3,5-6,9-10,12-13,17,20-21,32H,4,7-8,11,14-16,18H2,1H3,(H,29,30)/t20-,21?,27+/m1/s1. The average Bonchev–Trinajstić information content (AvgIpc) is 3.21. The normalized spacial score (nSPS) is 24.9. The van der Waals surface area contributed by atoms with Crippen molar-refractivity contribution in [1.29, 1.82) is 0 Å². The van der Waals surface area contributed by atoms with Crippen LogP contribution in [0.2, 0.25) is 0 Å². The number of nitrogens with one attached hydrogen (secondary N) is 1. The highest BCUT2D eigenvalue weighted by Gasteiger charge is 2.46. The lowest BCUT2D eigenvalue weighted by molar-refractivity contribution is -0.0574. The van der Waals surface area contributed by atoms with E-state index in [1.165, 1.54) is 17.7 Å². The van der Waals surface area contributed by atoms with Gasteiger partial charge in [0.2, 0.25) is 0 Å². The molecule has 5 heteroatoms. The number of nitrogens with zero attached hydrogens (tertiary/aromatic N) is 2. The van der Waals surface area contributed by atoms with Crippen molar-refractivity contribution in [1.82, 2.24) is 14.9 Å². The number of fused-ring (bicyclic) bond motifs is 3. The Balaban J connectivity index is 1.14. The lowest BCUT2D eigenvalue weighted by Gasteiger charge is -2.48. The Labute approximate surface area is 189 Å². The molecule has 3 aliphatic carbocycles. The van der Waals surface area contributed by atoms with Gasteiger partial charge in [-0.25, -0.2) is 9.37 Å². The third-order valence-electron chi connectivity index (χ3n) is 7.43. The molecule has 2 bridgehead atoms. The van der Waals surface area contributed by atoms with Crippen molar-refractivity contribution in [2.45, 2.75) is 44.1 Å². The van der Waals surface area contributed by atoms with Crippen LogP contribution in [0.1, 0.15) is 43.5 Å². The van der Waals surface area contributed by atoms with Crippen molar-refractivity contribution in [3.05, 3.63) is 71.8 Å². The molecule has 0 amide bonds. The zero-order valence-corrected chi connectivity index (χ0v) is 18.7. The zero-order valence-electron chi connectivity index (χ0n) is 18.7. The number of H-pyrrole nitrogens is 1. The Hall–Kier alpha value is -2.50. The molecule has 2 N–H and O–H groups in total. The van der Waals surface area contributed by atoms with Crippen LogP contribution in [0.3, 0.4) is 0 Å². The summed E-state index contributed by atoms with van der Waals surface area (Å²) in [4.78, 5) is 10.4. The molecule has 1 fully saturated rings. The van der Waals surface area contributed by atoms with E-state index in [0.29, 0.717) is 5.92 Å². The zero-order chi connectivity index (χ0) is 22.1. The molecular formula is C27H32FN3O. The van der Waals surface area contributed by atoms with Gasteiger partial charge < -0.3 is 15.0 Å². The van der Waals surface area contributed by atoms with Crippen LogP contribution in [-0.4, -0.2) is 45.7 Å². The second kappa shape index (κ2) is 8.80. The molecule has 1 unspecified atom stereocenters. The highest BCUT2D eigenvalue weighted by molar-refractivity contribution is 5.74. The fourth-order valence-corrected chi connectivity index (χ4v) is 5.58. The molecule has 2 aromatic carbocycles. The van der Waals surface area contributed by atoms with Gasteiger partial charge in [-0.05, 0) is 87.0 Å². The van der Waals surface area contributed by atoms with E-state index in [2.05, 4.69) is 34.1 Å². The summed E-state index contributed by atoms with van der Waals surface area (Å²) in [5.74, 6) is 1.40. The first-order valence-corrected chi connectivity index (χ1v) is 11.8. The SMILES string of the molecule is CN(CCCc1nc2ccccc2[nH]1)CC[C@]1(O)C[C@H]2CCC1C=C2c1ccc(F)cc1. The van der Waals surface area contributed by atoms with E-state index in [-0.39, 0.29) is 11.7 Å². The van der Waals surface area contributed by atoms with E-state index in [9.17, 15) is 9.50 Å². The quantitative estimate of drug-likeness (QED) is 0.513. The van der Waals surface area contributed by atoms with Crippen molar-refractivity contribution >= 4 is 16.6 Å². The molecule has 1 heterocycles. The monoisotopic (exact) mass is 433 g/mol. The maximum atomic E-state index is 13.3. The van der Waals surface area contributed by atoms with E-state index in [1.807, 2.05) is 30.3 Å². The number of aromatic amines is 1. The van der Waals surface area contributed by atoms with Crippen molar-refractivity contribution in [2.24, 2.45) is 11.8 Å². The van der Waals surface area contributed by atoms with Crippen LogP contribution in [0.5, 0.6) is 0 Å². The Morgan fingerprint density at radius 3 is 2.69 bits per heavy atom. The van der Waals surface area contributed by atoms with E-state index in [1.54, 1.807) is 0 Å². The molecule has 168 valence electrons. The smallest absolute Gasteiger partial charge is 0.123 e. The fraction of sp³-hybridized carbons (Fsp3) is 0.444. The van der Waals surface area contributed by atoms with Crippen molar-refractivity contribution in [2.75, 3.05) is 20.1 Å². The molecule has 0 radical (unpaired) electrons. The van der Waals surface area contributed by atoms with Crippen LogP contribution < -0.4 is 0 Å². The van der Waals surface area contributed by atoms with Crippen LogP contribution in [0.25, 0.3) is 16.6 Å². The minimum atomic E-state index is -0.626. The molecule has 3 aliphatic rings. The van der Waals surface area contributed by atoms with Gasteiger partial charge in [0.05, 0.1) is 16.6 Å². The largest absolute Gasteiger partial charge is 0.389 e. The number of allylic oxidation sites excluding steroid dienone is 1. The van der Waals surface area contributed by atoms with Gasteiger partial charge in [-0.3, -0.25) is 0 Å². The second-order valence-corrected chi connectivity index (χ2v) is 9.67. The van der Waals surface area contributed by atoms with E-state index < -0.39 is 5.60 Å². The van der Waals surface area contributed by atoms with Crippen LogP contribution in [0, 0.1) is 17.7 Å². The second-order valence-electron chi connectivity index (χ2n) is 9.67. The molecule has 3 atom stereocenters. The summed E-state index contributed by atoms with van der Waals surface area (Å²) in [5.41, 5.74) is 3.90. The summed E-state index contributed by atoms with van der Waals surface area (Å²) in [5, 5.41) is 11.5. The number of hydrogen-bond donors (Lipinski definition) is 2. The minimum absolute atomic E-state index is 0.191. The first-order chi connectivity index (χ1) is 15.5. The van der Waals surface area contributed by atoms with E-state index in [0.717, 1.165) is 74.0 Å². The number of benzene rings is 2. The van der Waals surface area contributed by atoms with Crippen LogP contribution in [-0.2, 0) is 6.42 Å². The van der Waals surface area contributed by atoms with Gasteiger partial charge in [0, 0.05) is 18.9 Å². The lowest BCUT2D eigenvalue weighted by Crippen LogP contribution is -2.48. The lowest BCUT2D eigenvalue weighted by atomic mass is 9.61. The van der Waals surface area contributed by atoms with E-state index >= 15 is 0 Å². The molecule has 0 saturated heterocycles. The van der Waals surface area contributed by atoms with Gasteiger partial charge in [-0.1, -0.05) is 30.3 Å². The van der Waals surface area contributed by atoms with Gasteiger partial charge in [0.25, 0.3) is 0 Å². The molecule has 3 aromatic rings. The molecule has 4 nitrogen and oxygen atoms in total. The van der Waals surface area contributed by atoms with Gasteiger partial charge in [-0.2, -0.15) is 0 Å². The molecule has 32 heavy (non-hydrogen) atoms. The summed E-state index contributed by atoms with van der Waals surface area (Å²) in [6, 6.07) is 14.9. The number of imidazole rings is 1. The van der Waals surface area contributed by atoms with Crippen LogP contribution in [0.15, 0.2) is 54.6 Å². The Morgan fingerprint density at radius 2 is 1.94 bits per heavy atom. The summed E-state index contributed by atoms with van der Waals surface area (Å²) in [7, 11) is 2.14. The molecule has 0 spiro atoms. The third kappa shape index (κ3) is 4.37. The Bertz CT molecular complexity index is 1070. The van der Waals surface area contributed by atoms with Crippen molar-refractivity contribution < 1.29 is 9.50 Å². The number of rotatable bonds is 8. The highest BCUT2D eigenvalue weighted by Crippen LogP contribution is 2.51. The third-order valence-corrected chi connectivity index (χ3v) is 7.43. The Kier molecular flexibility index (Phi) is 5.87. The summed E-state index contributed by atoms with van der Waals surface area (Å²) < 4.78 is 13.3. The molecule has 0 aliphatic heterocycles. The number of aromatic nitrogens is 2. The predicted molar refractivity (Wildman–Crippen MR) is 127 cm³/mol. The maximum absolute atomic E-state index is 13.3. The van der Waals surface area contributed by atoms with Gasteiger partial charge >= 0.3 is 0 Å². The number of para-hydroxylation sites is 2. The average molecular weight is 434 g/mol. The topological polar surface area (TPSA) is 52.2 Å². The molecular weight excluding hydrogens is 401 g/mol. The van der Waals surface area contributed by atoms with Crippen LogP contribution >= 0.6 is 0 Å². The first-order valence-electron chi connectivity index (χ1n) is 11.8. The van der Waals surface area contributed by atoms with Crippen molar-refractivity contribution in [3.63, 3.8) is 0 Å². The van der Waals surface area contributed by atoms with Crippen LogP contribution in [0.4, 0.5) is 4.39 Å². The summed E-state index contributed by atoms with van der Waals surface area (Å²) in [6.45, 7) is 1.87. The molecule has 1 aromatic heterocycles. The fourth-order valence-electron chi connectivity index (χ4n) is 5.58. The Morgan fingerprint density at radius 1 is 1.12 bits per heavy atom. The molecule has 1 saturated carbocycles. The number of aliphatic hydroxyl groups is 1. The van der Waals surface area contributed by atoms with Gasteiger partial charge in [0.15, 0.2) is 0 Å². The molecule has 6 rings (SSSR count). The van der Waals surface area contributed by atoms with Gasteiger partial charge in [-0.15, -0.1) is 0 Å². The minimum Gasteiger partial charge on any atom is -0.389 e. The van der Waals surface area contributed by atoms with Gasteiger partial charge in [0.1, 0.15) is 11.6 Å². The van der Waals surface area contributed by atoms with E-state index in [4.69, 9.17) is 0 Å². The number of halogens is 1. The predicted octanol–water partition coefficient (Wildman–Crippen LogP) is 5.20. The van der Waals surface area contributed by atoms with Crippen molar-refractivity contribution in [3.8, 4) is 0 Å². The highest BCUT2D eigenvalue weighted by atomic mass is 19.1. The summed E-state index contributed by atoms with van der Waals surface area (Å²) in [6.07, 6.45) is 8.00. The first kappa shape index (κ1) is 21.4. The number of hydrogen-bond acceptors (Lipinski definition) is 3. The number of aryl methyl sites for hydroxylation is 1. The summed E-state index contributed by atoms with van der Waals surface area (Å²) >= 11 is 0.